The van der Waals surface area contributed by atoms with Gasteiger partial charge in [-0.3, -0.25) is 9.69 Å². The lowest BCUT2D eigenvalue weighted by Crippen LogP contribution is -2.53. The number of carbonyl (C=O) groups excluding carboxylic acids is 1. The summed E-state index contributed by atoms with van der Waals surface area (Å²) in [5.74, 6) is 1.05. The zero-order chi connectivity index (χ0) is 14.5. The van der Waals surface area contributed by atoms with Gasteiger partial charge in [-0.15, -0.1) is 0 Å². The molecule has 20 heavy (non-hydrogen) atoms. The van der Waals surface area contributed by atoms with Crippen molar-refractivity contribution < 1.29 is 9.53 Å². The maximum Gasteiger partial charge on any atom is 0.239 e. The van der Waals surface area contributed by atoms with Crippen LogP contribution in [0.4, 0.5) is 0 Å². The van der Waals surface area contributed by atoms with Crippen LogP contribution in [0, 0.1) is 0 Å². The first-order chi connectivity index (χ1) is 9.63. The minimum Gasteiger partial charge on any atom is -0.489 e. The van der Waals surface area contributed by atoms with Gasteiger partial charge in [-0.25, -0.2) is 0 Å². The Hall–Kier alpha value is -1.81. The van der Waals surface area contributed by atoms with Crippen molar-refractivity contribution in [3.8, 4) is 5.75 Å². The van der Waals surface area contributed by atoms with Crippen LogP contribution in [0.3, 0.4) is 0 Å². The molecule has 1 saturated heterocycles. The number of para-hydroxylation sites is 1. The summed E-state index contributed by atoms with van der Waals surface area (Å²) in [4.78, 5) is 16.0. The summed E-state index contributed by atoms with van der Waals surface area (Å²) in [5.41, 5.74) is 1.11. The predicted molar refractivity (Wildman–Crippen MR) is 79.6 cm³/mol. The largest absolute Gasteiger partial charge is 0.489 e. The lowest BCUT2D eigenvalue weighted by atomic mass is 10.1. The molecule has 0 radical (unpaired) electrons. The average molecular weight is 274 g/mol. The number of benzene rings is 1. The van der Waals surface area contributed by atoms with Gasteiger partial charge in [-0.1, -0.05) is 30.9 Å². The minimum absolute atomic E-state index is 0.0822. The van der Waals surface area contributed by atoms with Gasteiger partial charge < -0.3 is 9.64 Å². The summed E-state index contributed by atoms with van der Waals surface area (Å²) >= 11 is 0. The smallest absolute Gasteiger partial charge is 0.239 e. The van der Waals surface area contributed by atoms with Crippen LogP contribution in [0.15, 0.2) is 36.9 Å². The number of rotatable bonds is 5. The molecule has 1 aliphatic rings. The fraction of sp³-hybridized carbons (Fsp3) is 0.438. The molecule has 0 N–H and O–H groups in total. The molecule has 1 aromatic carbocycles. The first kappa shape index (κ1) is 14.6. The van der Waals surface area contributed by atoms with E-state index in [0.29, 0.717) is 6.61 Å². The van der Waals surface area contributed by atoms with Crippen molar-refractivity contribution in [2.24, 2.45) is 0 Å². The Kier molecular flexibility index (Phi) is 4.79. The Morgan fingerprint density at radius 3 is 2.90 bits per heavy atom. The topological polar surface area (TPSA) is 32.8 Å². The lowest BCUT2D eigenvalue weighted by molar-refractivity contribution is -0.139. The molecule has 108 valence electrons. The molecular weight excluding hydrogens is 252 g/mol. The van der Waals surface area contributed by atoms with Crippen LogP contribution in [0.5, 0.6) is 5.75 Å². The molecular formula is C16H22N2O2. The lowest BCUT2D eigenvalue weighted by Gasteiger charge is -2.37. The monoisotopic (exact) mass is 274 g/mol. The summed E-state index contributed by atoms with van der Waals surface area (Å²) in [6.07, 6.45) is 1.73. The molecule has 1 amide bonds. The van der Waals surface area contributed by atoms with Crippen LogP contribution in [-0.4, -0.2) is 48.5 Å². The molecule has 1 heterocycles. The van der Waals surface area contributed by atoms with Crippen molar-refractivity contribution in [2.75, 3.05) is 26.7 Å². The predicted octanol–water partition coefficient (Wildman–Crippen LogP) is 1.91. The number of piperazine rings is 1. The van der Waals surface area contributed by atoms with Gasteiger partial charge in [0.1, 0.15) is 12.4 Å². The number of amides is 1. The molecule has 4 heteroatoms. The number of ether oxygens (including phenoxy) is 1. The molecule has 1 aromatic rings. The summed E-state index contributed by atoms with van der Waals surface area (Å²) < 4.78 is 5.67. The third-order valence-electron chi connectivity index (χ3n) is 3.71. The number of carbonyl (C=O) groups is 1. The van der Waals surface area contributed by atoms with Gasteiger partial charge >= 0.3 is 0 Å². The van der Waals surface area contributed by atoms with Gasteiger partial charge in [0.05, 0.1) is 6.04 Å². The van der Waals surface area contributed by atoms with Crippen molar-refractivity contribution in [2.45, 2.75) is 19.5 Å². The average Bonchev–Trinajstić information content (AvgIpc) is 2.47. The van der Waals surface area contributed by atoms with Crippen LogP contribution in [0.25, 0.3) is 0 Å². The minimum atomic E-state index is -0.0822. The Morgan fingerprint density at radius 2 is 2.15 bits per heavy atom. The van der Waals surface area contributed by atoms with Gasteiger partial charge in [-0.2, -0.15) is 0 Å². The van der Waals surface area contributed by atoms with E-state index in [1.165, 1.54) is 0 Å². The maximum absolute atomic E-state index is 12.0. The van der Waals surface area contributed by atoms with E-state index in [1.54, 1.807) is 11.0 Å². The Labute approximate surface area is 120 Å². The first-order valence-corrected chi connectivity index (χ1v) is 6.94. The molecule has 4 nitrogen and oxygen atoms in total. The standard InChI is InChI=1S/C16H22N2O2/c1-4-11-20-15-8-6-5-7-14(15)12-18-10-9-17(3)16(19)13(18)2/h4-8,13H,1,9-12H2,2-3H3/t13-/m1/s1. The van der Waals surface area contributed by atoms with E-state index in [4.69, 9.17) is 4.74 Å². The van der Waals surface area contributed by atoms with E-state index >= 15 is 0 Å². The van der Waals surface area contributed by atoms with E-state index in [9.17, 15) is 4.79 Å². The van der Waals surface area contributed by atoms with Gasteiger partial charge in [0.15, 0.2) is 0 Å². The fourth-order valence-electron chi connectivity index (χ4n) is 2.42. The number of hydrogen-bond donors (Lipinski definition) is 0. The van der Waals surface area contributed by atoms with Gasteiger partial charge in [0.2, 0.25) is 5.91 Å². The zero-order valence-electron chi connectivity index (χ0n) is 12.2. The van der Waals surface area contributed by atoms with E-state index in [0.717, 1.165) is 30.9 Å². The third-order valence-corrected chi connectivity index (χ3v) is 3.71. The Morgan fingerprint density at radius 1 is 1.40 bits per heavy atom. The van der Waals surface area contributed by atoms with Crippen LogP contribution in [-0.2, 0) is 11.3 Å². The zero-order valence-corrected chi connectivity index (χ0v) is 12.2. The summed E-state index contributed by atoms with van der Waals surface area (Å²) in [5, 5.41) is 0. The normalized spacial score (nSPS) is 20.0. The molecule has 0 unspecified atom stereocenters. The molecule has 1 fully saturated rings. The number of hydrogen-bond acceptors (Lipinski definition) is 3. The van der Waals surface area contributed by atoms with Crippen molar-refractivity contribution in [3.63, 3.8) is 0 Å². The SMILES string of the molecule is C=CCOc1ccccc1CN1CCN(C)C(=O)[C@H]1C. The van der Waals surface area contributed by atoms with Gasteiger partial charge in [0.25, 0.3) is 0 Å². The second-order valence-corrected chi connectivity index (χ2v) is 5.11. The summed E-state index contributed by atoms with van der Waals surface area (Å²) in [7, 11) is 1.86. The van der Waals surface area contributed by atoms with E-state index in [1.807, 2.05) is 38.2 Å². The van der Waals surface area contributed by atoms with Crippen LogP contribution in [0.1, 0.15) is 12.5 Å². The molecule has 0 aromatic heterocycles. The van der Waals surface area contributed by atoms with Crippen LogP contribution < -0.4 is 4.74 Å². The van der Waals surface area contributed by atoms with Crippen LogP contribution >= 0.6 is 0 Å². The highest BCUT2D eigenvalue weighted by molar-refractivity contribution is 5.81. The highest BCUT2D eigenvalue weighted by Crippen LogP contribution is 2.22. The first-order valence-electron chi connectivity index (χ1n) is 6.94. The quantitative estimate of drug-likeness (QED) is 0.769. The van der Waals surface area contributed by atoms with Crippen molar-refractivity contribution in [1.29, 1.82) is 0 Å². The Balaban J connectivity index is 2.09. The van der Waals surface area contributed by atoms with E-state index < -0.39 is 0 Å². The van der Waals surface area contributed by atoms with E-state index in [-0.39, 0.29) is 11.9 Å². The molecule has 2 rings (SSSR count). The van der Waals surface area contributed by atoms with Crippen molar-refractivity contribution in [1.82, 2.24) is 9.80 Å². The van der Waals surface area contributed by atoms with Crippen molar-refractivity contribution >= 4 is 5.91 Å². The molecule has 0 saturated carbocycles. The summed E-state index contributed by atoms with van der Waals surface area (Å²) in [6.45, 7) is 8.52. The van der Waals surface area contributed by atoms with Gasteiger partial charge in [-0.05, 0) is 13.0 Å². The fourth-order valence-corrected chi connectivity index (χ4v) is 2.42. The Bertz CT molecular complexity index is 487. The highest BCUT2D eigenvalue weighted by atomic mass is 16.5. The second-order valence-electron chi connectivity index (χ2n) is 5.11. The molecule has 1 aliphatic heterocycles. The van der Waals surface area contributed by atoms with E-state index in [2.05, 4.69) is 11.5 Å². The molecule has 1 atom stereocenters. The van der Waals surface area contributed by atoms with Crippen LogP contribution in [0.2, 0.25) is 0 Å². The number of nitrogens with zero attached hydrogens (tertiary/aromatic N) is 2. The molecule has 0 bridgehead atoms. The highest BCUT2D eigenvalue weighted by Gasteiger charge is 2.29. The molecule has 0 aliphatic carbocycles. The second kappa shape index (κ2) is 6.57. The number of likely N-dealkylation sites (N-methyl/N-ethyl adjacent to an activating group) is 1. The third kappa shape index (κ3) is 3.20. The summed E-state index contributed by atoms with van der Waals surface area (Å²) in [6, 6.07) is 7.88. The van der Waals surface area contributed by atoms with Gasteiger partial charge in [0, 0.05) is 32.2 Å². The van der Waals surface area contributed by atoms with Crippen molar-refractivity contribution in [3.05, 3.63) is 42.5 Å². The maximum atomic E-state index is 12.0. The molecule has 0 spiro atoms.